The van der Waals surface area contributed by atoms with Crippen molar-refractivity contribution in [3.63, 3.8) is 0 Å². The van der Waals surface area contributed by atoms with Crippen molar-refractivity contribution in [2.45, 2.75) is 17.7 Å². The van der Waals surface area contributed by atoms with E-state index in [1.165, 1.54) is 12.8 Å². The molecule has 1 aromatic heterocycles. The molecule has 1 saturated heterocycles. The zero-order valence-corrected chi connectivity index (χ0v) is 12.2. The maximum atomic E-state index is 11.8. The van der Waals surface area contributed by atoms with Crippen molar-refractivity contribution in [3.05, 3.63) is 40.8 Å². The number of nitrogens with zero attached hydrogens (tertiary/aromatic N) is 1. The Balaban J connectivity index is 1.86. The van der Waals surface area contributed by atoms with Gasteiger partial charge in [-0.15, -0.1) is 0 Å². The second-order valence-electron chi connectivity index (χ2n) is 5.00. The van der Waals surface area contributed by atoms with Crippen LogP contribution >= 0.6 is 11.9 Å². The quantitative estimate of drug-likeness (QED) is 0.832. The zero-order valence-electron chi connectivity index (χ0n) is 11.4. The van der Waals surface area contributed by atoms with Gasteiger partial charge in [-0.25, -0.2) is 4.31 Å². The SMILES string of the molecule is O=c1[nH]ccc2c(SN3CCCCNCC3)cccc12. The molecule has 4 nitrogen and oxygen atoms in total. The zero-order chi connectivity index (χ0) is 13.8. The topological polar surface area (TPSA) is 48.1 Å². The van der Waals surface area contributed by atoms with Gasteiger partial charge in [-0.1, -0.05) is 6.07 Å². The van der Waals surface area contributed by atoms with Crippen LogP contribution in [0, 0.1) is 0 Å². The number of pyridine rings is 1. The Morgan fingerprint density at radius 1 is 1.05 bits per heavy atom. The van der Waals surface area contributed by atoms with Gasteiger partial charge in [0.15, 0.2) is 0 Å². The fourth-order valence-corrected chi connectivity index (χ4v) is 3.58. The Morgan fingerprint density at radius 3 is 2.95 bits per heavy atom. The molecule has 0 spiro atoms. The first kappa shape index (κ1) is 13.7. The van der Waals surface area contributed by atoms with Crippen molar-refractivity contribution in [2.24, 2.45) is 0 Å². The molecule has 0 aliphatic carbocycles. The molecule has 1 aromatic carbocycles. The predicted molar refractivity (Wildman–Crippen MR) is 84.1 cm³/mol. The monoisotopic (exact) mass is 289 g/mol. The molecule has 0 bridgehead atoms. The second-order valence-corrected chi connectivity index (χ2v) is 6.14. The van der Waals surface area contributed by atoms with Gasteiger partial charge in [-0.05, 0) is 49.5 Å². The summed E-state index contributed by atoms with van der Waals surface area (Å²) in [4.78, 5) is 15.7. The summed E-state index contributed by atoms with van der Waals surface area (Å²) in [6, 6.07) is 7.93. The molecule has 1 aliphatic heterocycles. The maximum Gasteiger partial charge on any atom is 0.255 e. The van der Waals surface area contributed by atoms with E-state index < -0.39 is 0 Å². The fraction of sp³-hybridized carbons (Fsp3) is 0.400. The van der Waals surface area contributed by atoms with Crippen molar-refractivity contribution in [3.8, 4) is 0 Å². The summed E-state index contributed by atoms with van der Waals surface area (Å²) in [5.74, 6) is 0. The van der Waals surface area contributed by atoms with Crippen molar-refractivity contribution < 1.29 is 0 Å². The third-order valence-corrected chi connectivity index (χ3v) is 4.73. The van der Waals surface area contributed by atoms with Gasteiger partial charge in [0, 0.05) is 41.5 Å². The number of H-pyrrole nitrogens is 1. The van der Waals surface area contributed by atoms with Crippen LogP contribution in [0.15, 0.2) is 40.2 Å². The van der Waals surface area contributed by atoms with Crippen LogP contribution < -0.4 is 10.9 Å². The van der Waals surface area contributed by atoms with E-state index in [0.29, 0.717) is 0 Å². The maximum absolute atomic E-state index is 11.8. The third-order valence-electron chi connectivity index (χ3n) is 3.55. The molecule has 2 aromatic rings. The van der Waals surface area contributed by atoms with Crippen LogP contribution in [0.1, 0.15) is 12.8 Å². The van der Waals surface area contributed by atoms with Crippen molar-refractivity contribution in [1.82, 2.24) is 14.6 Å². The van der Waals surface area contributed by atoms with Crippen LogP contribution in [0.25, 0.3) is 10.8 Å². The van der Waals surface area contributed by atoms with Crippen LogP contribution in [0.4, 0.5) is 0 Å². The molecule has 0 unspecified atom stereocenters. The molecule has 1 aliphatic rings. The number of aromatic amines is 1. The Bertz CT molecular complexity index is 632. The Morgan fingerprint density at radius 2 is 2.00 bits per heavy atom. The molecule has 2 heterocycles. The van der Waals surface area contributed by atoms with E-state index in [4.69, 9.17) is 0 Å². The predicted octanol–water partition coefficient (Wildman–Crippen LogP) is 2.22. The number of nitrogens with one attached hydrogen (secondary N) is 2. The van der Waals surface area contributed by atoms with Crippen LogP contribution in [0.5, 0.6) is 0 Å². The van der Waals surface area contributed by atoms with E-state index in [1.54, 1.807) is 18.1 Å². The molecule has 0 amide bonds. The van der Waals surface area contributed by atoms with E-state index in [-0.39, 0.29) is 5.56 Å². The summed E-state index contributed by atoms with van der Waals surface area (Å²) in [5, 5.41) is 5.24. The van der Waals surface area contributed by atoms with E-state index in [2.05, 4.69) is 20.7 Å². The average molecular weight is 289 g/mol. The largest absolute Gasteiger partial charge is 0.329 e. The highest BCUT2D eigenvalue weighted by Gasteiger charge is 2.11. The van der Waals surface area contributed by atoms with Gasteiger partial charge in [-0.3, -0.25) is 4.79 Å². The molecule has 3 rings (SSSR count). The summed E-state index contributed by atoms with van der Waals surface area (Å²) >= 11 is 1.77. The smallest absolute Gasteiger partial charge is 0.255 e. The number of benzene rings is 1. The summed E-state index contributed by atoms with van der Waals surface area (Å²) in [5.41, 5.74) is -0.0146. The normalized spacial score (nSPS) is 17.8. The number of aromatic nitrogens is 1. The lowest BCUT2D eigenvalue weighted by atomic mass is 10.2. The van der Waals surface area contributed by atoms with E-state index in [1.807, 2.05) is 18.2 Å². The molecule has 2 N–H and O–H groups in total. The first-order valence-corrected chi connectivity index (χ1v) is 7.86. The van der Waals surface area contributed by atoms with E-state index >= 15 is 0 Å². The molecule has 0 atom stereocenters. The first-order valence-electron chi connectivity index (χ1n) is 7.09. The third kappa shape index (κ3) is 3.06. The highest BCUT2D eigenvalue weighted by atomic mass is 32.2. The number of rotatable bonds is 2. The van der Waals surface area contributed by atoms with Gasteiger partial charge in [0.05, 0.1) is 0 Å². The van der Waals surface area contributed by atoms with Crippen molar-refractivity contribution in [1.29, 1.82) is 0 Å². The standard InChI is InChI=1S/C15H19N3OS/c19-15-13-4-3-5-14(12(13)6-8-17-15)20-18-10-2-1-7-16-9-11-18/h3-6,8,16H,1-2,7,9-11H2,(H,17,19). The van der Waals surface area contributed by atoms with Crippen molar-refractivity contribution >= 4 is 22.7 Å². The highest BCUT2D eigenvalue weighted by Crippen LogP contribution is 2.29. The fourth-order valence-electron chi connectivity index (χ4n) is 2.48. The summed E-state index contributed by atoms with van der Waals surface area (Å²) in [6.45, 7) is 4.29. The molecule has 20 heavy (non-hydrogen) atoms. The van der Waals surface area contributed by atoms with Crippen LogP contribution in [0.2, 0.25) is 0 Å². The van der Waals surface area contributed by atoms with Crippen LogP contribution in [-0.4, -0.2) is 35.5 Å². The Labute approximate surface area is 122 Å². The van der Waals surface area contributed by atoms with Gasteiger partial charge in [-0.2, -0.15) is 0 Å². The average Bonchev–Trinajstić information content (AvgIpc) is 2.43. The van der Waals surface area contributed by atoms with Gasteiger partial charge in [0.1, 0.15) is 0 Å². The lowest BCUT2D eigenvalue weighted by Crippen LogP contribution is -2.32. The molecule has 5 heteroatoms. The Kier molecular flexibility index (Phi) is 4.40. The molecule has 0 saturated carbocycles. The highest BCUT2D eigenvalue weighted by molar-refractivity contribution is 7.97. The number of fused-ring (bicyclic) bond motifs is 1. The summed E-state index contributed by atoms with van der Waals surface area (Å²) < 4.78 is 2.39. The molecular weight excluding hydrogens is 270 g/mol. The second kappa shape index (κ2) is 6.43. The minimum absolute atomic E-state index is 0.0146. The van der Waals surface area contributed by atoms with Crippen LogP contribution in [0.3, 0.4) is 0 Å². The van der Waals surface area contributed by atoms with Crippen molar-refractivity contribution in [2.75, 3.05) is 26.2 Å². The molecule has 1 fully saturated rings. The molecular formula is C15H19N3OS. The van der Waals surface area contributed by atoms with E-state index in [9.17, 15) is 4.79 Å². The lowest BCUT2D eigenvalue weighted by molar-refractivity contribution is 0.409. The van der Waals surface area contributed by atoms with Gasteiger partial charge in [0.25, 0.3) is 5.56 Å². The number of hydrogen-bond donors (Lipinski definition) is 2. The lowest BCUT2D eigenvalue weighted by Gasteiger charge is -2.24. The van der Waals surface area contributed by atoms with Gasteiger partial charge in [0.2, 0.25) is 0 Å². The first-order chi connectivity index (χ1) is 9.84. The van der Waals surface area contributed by atoms with E-state index in [0.717, 1.165) is 41.8 Å². The molecule has 0 radical (unpaired) electrons. The van der Waals surface area contributed by atoms with Gasteiger partial charge >= 0.3 is 0 Å². The van der Waals surface area contributed by atoms with Crippen LogP contribution in [-0.2, 0) is 0 Å². The minimum atomic E-state index is -0.0146. The Hall–Kier alpha value is -1.30. The van der Waals surface area contributed by atoms with Gasteiger partial charge < -0.3 is 10.3 Å². The number of hydrogen-bond acceptors (Lipinski definition) is 4. The summed E-state index contributed by atoms with van der Waals surface area (Å²) in [7, 11) is 0. The molecule has 106 valence electrons. The minimum Gasteiger partial charge on any atom is -0.329 e. The summed E-state index contributed by atoms with van der Waals surface area (Å²) in [6.07, 6.45) is 4.17.